The minimum absolute atomic E-state index is 0.0506. The van der Waals surface area contributed by atoms with E-state index in [4.69, 9.17) is 4.74 Å². The zero-order valence-corrected chi connectivity index (χ0v) is 20.2. The van der Waals surface area contributed by atoms with Gasteiger partial charge in [-0.3, -0.25) is 9.59 Å². The first-order valence-electron chi connectivity index (χ1n) is 11.9. The van der Waals surface area contributed by atoms with Crippen molar-refractivity contribution < 1.29 is 14.3 Å². The van der Waals surface area contributed by atoms with Gasteiger partial charge in [0.2, 0.25) is 5.91 Å². The highest BCUT2D eigenvalue weighted by molar-refractivity contribution is 6.07. The molecule has 4 rings (SSSR count). The Kier molecular flexibility index (Phi) is 8.33. The summed E-state index contributed by atoms with van der Waals surface area (Å²) < 4.78 is 5.95. The molecular formula is C30H29N3O3. The van der Waals surface area contributed by atoms with E-state index in [-0.39, 0.29) is 18.4 Å². The summed E-state index contributed by atoms with van der Waals surface area (Å²) in [6.45, 7) is 2.96. The van der Waals surface area contributed by atoms with Crippen LogP contribution in [0.15, 0.2) is 109 Å². The van der Waals surface area contributed by atoms with Crippen LogP contribution in [0.2, 0.25) is 0 Å². The molecule has 0 heterocycles. The molecule has 0 aromatic heterocycles. The Morgan fingerprint density at radius 1 is 0.806 bits per heavy atom. The smallest absolute Gasteiger partial charge is 0.258 e. The SMILES string of the molecule is CCN(C(=O)c1cccc(NC(=O)CNc2ccccc2OCc2ccccc2)c1)c1ccccc1. The molecule has 182 valence electrons. The van der Waals surface area contributed by atoms with Gasteiger partial charge in [-0.25, -0.2) is 0 Å². The van der Waals surface area contributed by atoms with Crippen LogP contribution in [-0.2, 0) is 11.4 Å². The minimum atomic E-state index is -0.229. The Hall–Kier alpha value is -4.58. The number of para-hydroxylation sites is 3. The van der Waals surface area contributed by atoms with Crippen molar-refractivity contribution in [2.75, 3.05) is 28.6 Å². The molecule has 0 fully saturated rings. The maximum Gasteiger partial charge on any atom is 0.258 e. The average Bonchev–Trinajstić information content (AvgIpc) is 2.93. The molecule has 36 heavy (non-hydrogen) atoms. The Bertz CT molecular complexity index is 1290. The molecule has 0 aliphatic rings. The van der Waals surface area contributed by atoms with E-state index in [0.29, 0.717) is 30.2 Å². The number of carbonyl (C=O) groups is 2. The van der Waals surface area contributed by atoms with Gasteiger partial charge in [0.1, 0.15) is 12.4 Å². The van der Waals surface area contributed by atoms with Crippen molar-refractivity contribution in [3.63, 3.8) is 0 Å². The standard InChI is InChI=1S/C30H29N3O3/c1-2-33(26-16-7-4-8-17-26)30(35)24-14-11-15-25(20-24)32-29(34)21-31-27-18-9-10-19-28(27)36-22-23-12-5-3-6-13-23/h3-20,31H,2,21-22H2,1H3,(H,32,34). The fourth-order valence-corrected chi connectivity index (χ4v) is 3.79. The Labute approximate surface area is 211 Å². The number of hydrogen-bond acceptors (Lipinski definition) is 4. The lowest BCUT2D eigenvalue weighted by Gasteiger charge is -2.21. The zero-order valence-electron chi connectivity index (χ0n) is 20.2. The van der Waals surface area contributed by atoms with Gasteiger partial charge in [-0.1, -0.05) is 66.7 Å². The van der Waals surface area contributed by atoms with Crippen LogP contribution < -0.4 is 20.3 Å². The first-order chi connectivity index (χ1) is 17.6. The molecule has 6 heteroatoms. The third kappa shape index (κ3) is 6.51. The molecular weight excluding hydrogens is 450 g/mol. The first-order valence-corrected chi connectivity index (χ1v) is 11.9. The second-order valence-corrected chi connectivity index (χ2v) is 8.14. The number of ether oxygens (including phenoxy) is 1. The van der Waals surface area contributed by atoms with E-state index < -0.39 is 0 Å². The molecule has 0 saturated heterocycles. The van der Waals surface area contributed by atoms with Crippen molar-refractivity contribution in [3.8, 4) is 5.75 Å². The monoisotopic (exact) mass is 479 g/mol. The molecule has 0 bridgehead atoms. The van der Waals surface area contributed by atoms with Crippen LogP contribution in [0.4, 0.5) is 17.1 Å². The van der Waals surface area contributed by atoms with Gasteiger partial charge >= 0.3 is 0 Å². The van der Waals surface area contributed by atoms with Crippen LogP contribution in [0.5, 0.6) is 5.75 Å². The predicted molar refractivity (Wildman–Crippen MR) is 145 cm³/mol. The Morgan fingerprint density at radius 2 is 1.50 bits per heavy atom. The summed E-state index contributed by atoms with van der Waals surface area (Å²) in [5.74, 6) is 0.317. The quantitative estimate of drug-likeness (QED) is 0.293. The summed E-state index contributed by atoms with van der Waals surface area (Å²) in [6.07, 6.45) is 0. The van der Waals surface area contributed by atoms with Crippen molar-refractivity contribution in [3.05, 3.63) is 120 Å². The molecule has 0 saturated carbocycles. The third-order valence-electron chi connectivity index (χ3n) is 5.59. The average molecular weight is 480 g/mol. The van der Waals surface area contributed by atoms with E-state index in [0.717, 1.165) is 16.9 Å². The number of anilines is 3. The normalized spacial score (nSPS) is 10.4. The van der Waals surface area contributed by atoms with Gasteiger partial charge in [-0.05, 0) is 55.0 Å². The number of amides is 2. The fourth-order valence-electron chi connectivity index (χ4n) is 3.79. The second kappa shape index (κ2) is 12.2. The van der Waals surface area contributed by atoms with Crippen LogP contribution in [-0.4, -0.2) is 24.9 Å². The first kappa shape index (κ1) is 24.5. The molecule has 2 amide bonds. The van der Waals surface area contributed by atoms with Crippen LogP contribution >= 0.6 is 0 Å². The van der Waals surface area contributed by atoms with E-state index in [9.17, 15) is 9.59 Å². The highest BCUT2D eigenvalue weighted by atomic mass is 16.5. The molecule has 6 nitrogen and oxygen atoms in total. The summed E-state index contributed by atoms with van der Waals surface area (Å²) in [5.41, 5.74) is 3.69. The van der Waals surface area contributed by atoms with Crippen LogP contribution in [0.25, 0.3) is 0 Å². The fraction of sp³-hybridized carbons (Fsp3) is 0.133. The third-order valence-corrected chi connectivity index (χ3v) is 5.59. The molecule has 0 radical (unpaired) electrons. The summed E-state index contributed by atoms with van der Waals surface area (Å²) in [5, 5.41) is 6.01. The molecule has 0 aliphatic carbocycles. The lowest BCUT2D eigenvalue weighted by Crippen LogP contribution is -2.30. The molecule has 0 spiro atoms. The van der Waals surface area contributed by atoms with Crippen LogP contribution in [0.1, 0.15) is 22.8 Å². The van der Waals surface area contributed by atoms with Gasteiger partial charge in [0, 0.05) is 23.5 Å². The molecule has 4 aromatic rings. The van der Waals surface area contributed by atoms with Crippen molar-refractivity contribution >= 4 is 28.9 Å². The number of nitrogens with one attached hydrogen (secondary N) is 2. The van der Waals surface area contributed by atoms with Gasteiger partial charge in [-0.15, -0.1) is 0 Å². The minimum Gasteiger partial charge on any atom is -0.487 e. The van der Waals surface area contributed by atoms with Crippen molar-refractivity contribution in [1.82, 2.24) is 0 Å². The van der Waals surface area contributed by atoms with Gasteiger partial charge in [0.15, 0.2) is 0 Å². The van der Waals surface area contributed by atoms with E-state index in [1.54, 1.807) is 29.2 Å². The largest absolute Gasteiger partial charge is 0.487 e. The summed E-state index contributed by atoms with van der Waals surface area (Å²) in [6, 6.07) is 33.9. The molecule has 4 aromatic carbocycles. The van der Waals surface area contributed by atoms with E-state index in [1.807, 2.05) is 91.9 Å². The van der Waals surface area contributed by atoms with Crippen molar-refractivity contribution in [1.29, 1.82) is 0 Å². The van der Waals surface area contributed by atoms with E-state index in [2.05, 4.69) is 10.6 Å². The van der Waals surface area contributed by atoms with Crippen molar-refractivity contribution in [2.24, 2.45) is 0 Å². The van der Waals surface area contributed by atoms with E-state index >= 15 is 0 Å². The van der Waals surface area contributed by atoms with Gasteiger partial charge < -0.3 is 20.3 Å². The maximum atomic E-state index is 13.1. The highest BCUT2D eigenvalue weighted by Gasteiger charge is 2.16. The number of nitrogens with zero attached hydrogens (tertiary/aromatic N) is 1. The molecule has 0 aliphatic heterocycles. The summed E-state index contributed by atoms with van der Waals surface area (Å²) in [7, 11) is 0. The summed E-state index contributed by atoms with van der Waals surface area (Å²) >= 11 is 0. The topological polar surface area (TPSA) is 70.7 Å². The van der Waals surface area contributed by atoms with Gasteiger partial charge in [-0.2, -0.15) is 0 Å². The van der Waals surface area contributed by atoms with Crippen LogP contribution in [0.3, 0.4) is 0 Å². The lowest BCUT2D eigenvalue weighted by molar-refractivity contribution is -0.114. The number of carbonyl (C=O) groups excluding carboxylic acids is 2. The van der Waals surface area contributed by atoms with Crippen molar-refractivity contribution in [2.45, 2.75) is 13.5 Å². The Morgan fingerprint density at radius 3 is 2.25 bits per heavy atom. The van der Waals surface area contributed by atoms with Gasteiger partial charge in [0.25, 0.3) is 5.91 Å². The number of benzene rings is 4. The zero-order chi connectivity index (χ0) is 25.2. The molecule has 0 unspecified atom stereocenters. The predicted octanol–water partition coefficient (Wildman–Crippen LogP) is 5.98. The lowest BCUT2D eigenvalue weighted by atomic mass is 10.1. The number of hydrogen-bond donors (Lipinski definition) is 2. The van der Waals surface area contributed by atoms with Crippen LogP contribution in [0, 0.1) is 0 Å². The Balaban J connectivity index is 1.36. The van der Waals surface area contributed by atoms with Gasteiger partial charge in [0.05, 0.1) is 12.2 Å². The highest BCUT2D eigenvalue weighted by Crippen LogP contribution is 2.25. The van der Waals surface area contributed by atoms with E-state index in [1.165, 1.54) is 0 Å². The molecule has 2 N–H and O–H groups in total. The maximum absolute atomic E-state index is 13.1. The molecule has 0 atom stereocenters. The number of rotatable bonds is 10. The summed E-state index contributed by atoms with van der Waals surface area (Å²) in [4.78, 5) is 27.5. The second-order valence-electron chi connectivity index (χ2n) is 8.14.